The van der Waals surface area contributed by atoms with Crippen LogP contribution < -0.4 is 0 Å². The normalized spacial score (nSPS) is 23.3. The Balaban J connectivity index is 1.63. The minimum atomic E-state index is -0.451. The average molecular weight is 301 g/mol. The van der Waals surface area contributed by atoms with Crippen LogP contribution in [0.25, 0.3) is 0 Å². The number of benzene rings is 1. The summed E-state index contributed by atoms with van der Waals surface area (Å²) in [5.41, 5.74) is 2.00. The maximum absolute atomic E-state index is 10.3. The second-order valence-electron chi connectivity index (χ2n) is 6.09. The van der Waals surface area contributed by atoms with Gasteiger partial charge < -0.3 is 5.11 Å². The summed E-state index contributed by atoms with van der Waals surface area (Å²) in [6, 6.07) is 9.85. The summed E-state index contributed by atoms with van der Waals surface area (Å²) in [5, 5.41) is 13.7. The Morgan fingerprint density at radius 3 is 2.81 bits per heavy atom. The molecule has 2 aromatic rings. The molecule has 0 aliphatic heterocycles. The lowest BCUT2D eigenvalue weighted by atomic mass is 10.0. The minimum absolute atomic E-state index is 0.451. The lowest BCUT2D eigenvalue weighted by molar-refractivity contribution is 0.177. The first kappa shape index (κ1) is 14.7. The van der Waals surface area contributed by atoms with Gasteiger partial charge in [0.2, 0.25) is 0 Å². The van der Waals surface area contributed by atoms with Crippen molar-refractivity contribution < 1.29 is 5.11 Å². The van der Waals surface area contributed by atoms with Gasteiger partial charge >= 0.3 is 0 Å². The number of nitrogens with zero attached hydrogens (tertiary/aromatic N) is 1. The molecule has 1 N–H and O–H groups in total. The van der Waals surface area contributed by atoms with E-state index in [0.29, 0.717) is 12.3 Å². The van der Waals surface area contributed by atoms with Crippen LogP contribution in [0.15, 0.2) is 35.7 Å². The van der Waals surface area contributed by atoms with Crippen LogP contribution in [0.1, 0.15) is 60.9 Å². The topological polar surface area (TPSA) is 33.1 Å². The van der Waals surface area contributed by atoms with Gasteiger partial charge in [0.15, 0.2) is 0 Å². The Hall–Kier alpha value is -1.19. The summed E-state index contributed by atoms with van der Waals surface area (Å²) >= 11 is 1.77. The number of aromatic nitrogens is 1. The van der Waals surface area contributed by atoms with Gasteiger partial charge in [0, 0.05) is 17.7 Å². The Morgan fingerprint density at radius 2 is 2.10 bits per heavy atom. The van der Waals surface area contributed by atoms with Crippen LogP contribution in [0.5, 0.6) is 0 Å². The summed E-state index contributed by atoms with van der Waals surface area (Å²) in [5.74, 6) is 1.54. The van der Waals surface area contributed by atoms with E-state index in [1.807, 2.05) is 30.3 Å². The Morgan fingerprint density at radius 1 is 1.29 bits per heavy atom. The van der Waals surface area contributed by atoms with E-state index < -0.39 is 6.10 Å². The van der Waals surface area contributed by atoms with Crippen molar-refractivity contribution >= 4 is 11.3 Å². The van der Waals surface area contributed by atoms with E-state index >= 15 is 0 Å². The van der Waals surface area contributed by atoms with Gasteiger partial charge in [-0.15, -0.1) is 11.3 Å². The zero-order valence-corrected chi connectivity index (χ0v) is 13.4. The van der Waals surface area contributed by atoms with E-state index in [4.69, 9.17) is 4.98 Å². The van der Waals surface area contributed by atoms with Crippen molar-refractivity contribution in [1.29, 1.82) is 0 Å². The molecule has 21 heavy (non-hydrogen) atoms. The lowest BCUT2D eigenvalue weighted by Gasteiger charge is -2.09. The van der Waals surface area contributed by atoms with Crippen LogP contribution in [0, 0.1) is 5.92 Å². The van der Waals surface area contributed by atoms with Crippen LogP contribution in [0.2, 0.25) is 0 Å². The van der Waals surface area contributed by atoms with Crippen molar-refractivity contribution in [3.63, 3.8) is 0 Å². The van der Waals surface area contributed by atoms with Gasteiger partial charge in [0.1, 0.15) is 0 Å². The molecule has 112 valence electrons. The third kappa shape index (κ3) is 3.53. The van der Waals surface area contributed by atoms with Gasteiger partial charge in [0.25, 0.3) is 0 Å². The molecule has 0 radical (unpaired) electrons. The van der Waals surface area contributed by atoms with E-state index in [-0.39, 0.29) is 0 Å². The highest BCUT2D eigenvalue weighted by molar-refractivity contribution is 7.09. The van der Waals surface area contributed by atoms with Gasteiger partial charge in [-0.3, -0.25) is 0 Å². The molecule has 0 bridgehead atoms. The van der Waals surface area contributed by atoms with Crippen LogP contribution >= 0.6 is 11.3 Å². The van der Waals surface area contributed by atoms with E-state index in [2.05, 4.69) is 12.3 Å². The van der Waals surface area contributed by atoms with Crippen molar-refractivity contribution in [2.45, 2.75) is 51.0 Å². The predicted molar refractivity (Wildman–Crippen MR) is 87.6 cm³/mol. The highest BCUT2D eigenvalue weighted by atomic mass is 32.1. The molecule has 1 fully saturated rings. The van der Waals surface area contributed by atoms with Gasteiger partial charge in [-0.05, 0) is 30.7 Å². The van der Waals surface area contributed by atoms with E-state index in [0.717, 1.165) is 17.2 Å². The molecule has 3 rings (SSSR count). The van der Waals surface area contributed by atoms with Gasteiger partial charge in [-0.25, -0.2) is 4.98 Å². The quantitative estimate of drug-likeness (QED) is 0.867. The maximum Gasteiger partial charge on any atom is 0.0959 e. The maximum atomic E-state index is 10.3. The number of aliphatic hydroxyl groups is 1. The summed E-state index contributed by atoms with van der Waals surface area (Å²) in [6.07, 6.45) is 5.39. The second kappa shape index (κ2) is 6.71. The molecule has 1 aromatic carbocycles. The molecule has 3 heteroatoms. The van der Waals surface area contributed by atoms with E-state index in [9.17, 15) is 5.11 Å². The smallest absolute Gasteiger partial charge is 0.0959 e. The highest BCUT2D eigenvalue weighted by Gasteiger charge is 2.26. The monoisotopic (exact) mass is 301 g/mol. The van der Waals surface area contributed by atoms with Crippen molar-refractivity contribution in [1.82, 2.24) is 4.98 Å². The molecule has 2 nitrogen and oxygen atoms in total. The lowest BCUT2D eigenvalue weighted by Crippen LogP contribution is -2.02. The van der Waals surface area contributed by atoms with Crippen molar-refractivity contribution in [3.8, 4) is 0 Å². The Kier molecular flexibility index (Phi) is 4.71. The van der Waals surface area contributed by atoms with E-state index in [1.165, 1.54) is 30.7 Å². The largest absolute Gasteiger partial charge is 0.388 e. The molecule has 0 saturated heterocycles. The van der Waals surface area contributed by atoms with Crippen molar-refractivity contribution in [3.05, 3.63) is 52.0 Å². The molecule has 3 atom stereocenters. The van der Waals surface area contributed by atoms with Crippen LogP contribution in [0.4, 0.5) is 0 Å². The molecule has 1 aromatic heterocycles. The third-order valence-electron chi connectivity index (χ3n) is 4.62. The molecule has 1 saturated carbocycles. The fourth-order valence-electron chi connectivity index (χ4n) is 3.27. The Bertz CT molecular complexity index is 566. The standard InChI is InChI=1S/C18H23NOS/c1-2-13-8-9-15(10-13)18-19-16(12-21-18)11-17(20)14-6-4-3-5-7-14/h3-7,12-13,15,17,20H,2,8-11H2,1H3. The SMILES string of the molecule is CCC1CCC(c2nc(CC(O)c3ccccc3)cs2)C1. The Labute approximate surface area is 130 Å². The molecule has 0 spiro atoms. The van der Waals surface area contributed by atoms with Crippen LogP contribution in [-0.2, 0) is 6.42 Å². The van der Waals surface area contributed by atoms with Gasteiger partial charge in [-0.1, -0.05) is 43.7 Å². The first-order valence-electron chi connectivity index (χ1n) is 7.93. The number of hydrogen-bond acceptors (Lipinski definition) is 3. The second-order valence-corrected chi connectivity index (χ2v) is 6.98. The summed E-state index contributed by atoms with van der Waals surface area (Å²) in [7, 11) is 0. The van der Waals surface area contributed by atoms with Crippen LogP contribution in [-0.4, -0.2) is 10.1 Å². The zero-order valence-electron chi connectivity index (χ0n) is 12.5. The summed E-state index contributed by atoms with van der Waals surface area (Å²) in [4.78, 5) is 4.78. The fourth-order valence-corrected chi connectivity index (χ4v) is 4.25. The van der Waals surface area contributed by atoms with Crippen molar-refractivity contribution in [2.24, 2.45) is 5.92 Å². The van der Waals surface area contributed by atoms with Gasteiger partial charge in [0.05, 0.1) is 16.8 Å². The number of thiazole rings is 1. The third-order valence-corrected chi connectivity index (χ3v) is 5.68. The summed E-state index contributed by atoms with van der Waals surface area (Å²) < 4.78 is 0. The average Bonchev–Trinajstić information content (AvgIpc) is 3.16. The fraction of sp³-hybridized carbons (Fsp3) is 0.500. The highest BCUT2D eigenvalue weighted by Crippen LogP contribution is 2.40. The van der Waals surface area contributed by atoms with E-state index in [1.54, 1.807) is 11.3 Å². The number of rotatable bonds is 5. The number of aliphatic hydroxyl groups excluding tert-OH is 1. The molecule has 1 aliphatic rings. The molecule has 3 unspecified atom stereocenters. The first-order valence-corrected chi connectivity index (χ1v) is 8.81. The zero-order chi connectivity index (χ0) is 14.7. The minimum Gasteiger partial charge on any atom is -0.388 e. The number of hydrogen-bond donors (Lipinski definition) is 1. The molecule has 0 amide bonds. The van der Waals surface area contributed by atoms with Gasteiger partial charge in [-0.2, -0.15) is 0 Å². The molecular formula is C18H23NOS. The van der Waals surface area contributed by atoms with Crippen LogP contribution in [0.3, 0.4) is 0 Å². The molecular weight excluding hydrogens is 278 g/mol. The molecule has 1 aliphatic carbocycles. The summed E-state index contributed by atoms with van der Waals surface area (Å²) in [6.45, 7) is 2.29. The molecule has 1 heterocycles. The predicted octanol–water partition coefficient (Wildman–Crippen LogP) is 4.71. The first-order chi connectivity index (χ1) is 10.3. The van der Waals surface area contributed by atoms with Crippen molar-refractivity contribution in [2.75, 3.05) is 0 Å².